The van der Waals surface area contributed by atoms with Crippen molar-refractivity contribution in [2.45, 2.75) is 25.4 Å². The van der Waals surface area contributed by atoms with Gasteiger partial charge in [-0.25, -0.2) is 4.79 Å². The summed E-state index contributed by atoms with van der Waals surface area (Å²) in [6, 6.07) is 5.11. The number of carboxylic acids is 1. The summed E-state index contributed by atoms with van der Waals surface area (Å²) in [7, 11) is 0. The number of rotatable bonds is 3. The van der Waals surface area contributed by atoms with E-state index in [9.17, 15) is 18.0 Å². The summed E-state index contributed by atoms with van der Waals surface area (Å²) in [4.78, 5) is 20.8. The molecule has 1 aromatic rings. The van der Waals surface area contributed by atoms with Crippen molar-refractivity contribution in [3.05, 3.63) is 28.2 Å². The zero-order valence-corrected chi connectivity index (χ0v) is 14.5. The van der Waals surface area contributed by atoms with Crippen molar-refractivity contribution < 1.29 is 27.9 Å². The van der Waals surface area contributed by atoms with Gasteiger partial charge in [-0.1, -0.05) is 23.2 Å². The summed E-state index contributed by atoms with van der Waals surface area (Å²) in [6.07, 6.45) is -2.38. The first kappa shape index (κ1) is 21.5. The Morgan fingerprint density at radius 3 is 2.24 bits per heavy atom. The molecule has 0 aliphatic carbocycles. The number of nitrogens with one attached hydrogen (secondary N) is 2. The van der Waals surface area contributed by atoms with Gasteiger partial charge in [0.05, 0.1) is 10.0 Å². The van der Waals surface area contributed by atoms with Crippen molar-refractivity contribution in [3.63, 3.8) is 0 Å². The number of amides is 1. The van der Waals surface area contributed by atoms with Gasteiger partial charge in [0, 0.05) is 12.1 Å². The van der Waals surface area contributed by atoms with E-state index in [1.165, 1.54) is 0 Å². The average Bonchev–Trinajstić information content (AvgIpc) is 2.51. The van der Waals surface area contributed by atoms with Gasteiger partial charge in [-0.3, -0.25) is 4.79 Å². The second-order valence-electron chi connectivity index (χ2n) is 5.38. The number of piperidine rings is 1. The maximum absolute atomic E-state index is 11.9. The fourth-order valence-corrected chi connectivity index (χ4v) is 2.43. The summed E-state index contributed by atoms with van der Waals surface area (Å²) in [6.45, 7) is 2.01. The molecule has 0 aromatic heterocycles. The molecular weight excluding hydrogens is 384 g/mol. The Hall–Kier alpha value is -1.51. The molecule has 0 saturated carbocycles. The summed E-state index contributed by atoms with van der Waals surface area (Å²) in [5.74, 6) is -2.23. The first-order valence-electron chi connectivity index (χ1n) is 7.35. The number of hydrogen-bond donors (Lipinski definition) is 3. The molecule has 1 amide bonds. The van der Waals surface area contributed by atoms with E-state index in [1.807, 2.05) is 0 Å². The van der Waals surface area contributed by atoms with Gasteiger partial charge in [-0.05, 0) is 50.0 Å². The zero-order chi connectivity index (χ0) is 19.0. The molecule has 0 spiro atoms. The van der Waals surface area contributed by atoms with E-state index in [-0.39, 0.29) is 5.91 Å². The van der Waals surface area contributed by atoms with Gasteiger partial charge in [0.25, 0.3) is 0 Å². The molecule has 1 heterocycles. The summed E-state index contributed by atoms with van der Waals surface area (Å²) in [5, 5.41) is 14.2. The molecule has 0 atom stereocenters. The lowest BCUT2D eigenvalue weighted by atomic mass is 9.94. The fourth-order valence-electron chi connectivity index (χ4n) is 2.13. The van der Waals surface area contributed by atoms with Crippen molar-refractivity contribution in [2.24, 2.45) is 5.92 Å². The second-order valence-corrected chi connectivity index (χ2v) is 6.19. The molecule has 1 aliphatic rings. The molecule has 1 aliphatic heterocycles. The minimum Gasteiger partial charge on any atom is -0.475 e. The number of hydrogen-bond acceptors (Lipinski definition) is 3. The molecule has 25 heavy (non-hydrogen) atoms. The van der Waals surface area contributed by atoms with Crippen LogP contribution in [0.5, 0.6) is 0 Å². The zero-order valence-electron chi connectivity index (χ0n) is 13.0. The highest BCUT2D eigenvalue weighted by Crippen LogP contribution is 2.25. The van der Waals surface area contributed by atoms with Crippen LogP contribution in [0.15, 0.2) is 18.2 Å². The van der Waals surface area contributed by atoms with Gasteiger partial charge in [0.2, 0.25) is 5.91 Å². The Morgan fingerprint density at radius 1 is 1.20 bits per heavy atom. The fraction of sp³-hybridized carbons (Fsp3) is 0.467. The third-order valence-electron chi connectivity index (χ3n) is 3.38. The van der Waals surface area contributed by atoms with Crippen LogP contribution >= 0.6 is 23.2 Å². The lowest BCUT2D eigenvalue weighted by Crippen LogP contribution is -2.30. The number of carbonyl (C=O) groups excluding carboxylic acids is 1. The van der Waals surface area contributed by atoms with E-state index >= 15 is 0 Å². The van der Waals surface area contributed by atoms with Crippen molar-refractivity contribution in [1.29, 1.82) is 0 Å². The Labute approximate surface area is 152 Å². The van der Waals surface area contributed by atoms with Gasteiger partial charge < -0.3 is 15.7 Å². The van der Waals surface area contributed by atoms with Crippen LogP contribution in [0.4, 0.5) is 18.9 Å². The molecule has 1 saturated heterocycles. The number of carboxylic acid groups (broad SMARTS) is 1. The smallest absolute Gasteiger partial charge is 0.475 e. The molecule has 3 N–H and O–H groups in total. The predicted molar refractivity (Wildman–Crippen MR) is 89.0 cm³/mol. The normalized spacial score (nSPS) is 15.1. The third kappa shape index (κ3) is 8.42. The summed E-state index contributed by atoms with van der Waals surface area (Å²) < 4.78 is 31.7. The minimum atomic E-state index is -5.08. The first-order valence-corrected chi connectivity index (χ1v) is 8.11. The second kappa shape index (κ2) is 9.84. The molecular formula is C15H17Cl2F3N2O3. The van der Waals surface area contributed by atoms with Crippen molar-refractivity contribution >= 4 is 40.8 Å². The van der Waals surface area contributed by atoms with Crippen LogP contribution in [0.3, 0.4) is 0 Å². The maximum atomic E-state index is 11.9. The number of halogens is 5. The van der Waals surface area contributed by atoms with Crippen LogP contribution in [0.1, 0.15) is 19.3 Å². The van der Waals surface area contributed by atoms with E-state index in [0.717, 1.165) is 25.9 Å². The highest BCUT2D eigenvalue weighted by atomic mass is 35.5. The number of benzene rings is 1. The van der Waals surface area contributed by atoms with E-state index in [2.05, 4.69) is 10.6 Å². The predicted octanol–water partition coefficient (Wildman–Crippen LogP) is 3.95. The molecule has 5 nitrogen and oxygen atoms in total. The van der Waals surface area contributed by atoms with Crippen LogP contribution in [0.25, 0.3) is 0 Å². The van der Waals surface area contributed by atoms with Gasteiger partial charge in [0.1, 0.15) is 0 Å². The maximum Gasteiger partial charge on any atom is 0.490 e. The van der Waals surface area contributed by atoms with Crippen LogP contribution in [-0.2, 0) is 9.59 Å². The van der Waals surface area contributed by atoms with Crippen molar-refractivity contribution in [1.82, 2.24) is 5.32 Å². The number of aliphatic carboxylic acids is 1. The topological polar surface area (TPSA) is 78.4 Å². The molecule has 10 heteroatoms. The highest BCUT2D eigenvalue weighted by molar-refractivity contribution is 6.42. The van der Waals surface area contributed by atoms with Gasteiger partial charge in [0.15, 0.2) is 0 Å². The van der Waals surface area contributed by atoms with Gasteiger partial charge in [-0.15, -0.1) is 0 Å². The lowest BCUT2D eigenvalue weighted by Gasteiger charge is -2.21. The largest absolute Gasteiger partial charge is 0.490 e. The number of anilines is 1. The molecule has 140 valence electrons. The van der Waals surface area contributed by atoms with E-state index < -0.39 is 12.1 Å². The van der Waals surface area contributed by atoms with E-state index in [1.54, 1.807) is 18.2 Å². The Morgan fingerprint density at radius 2 is 1.76 bits per heavy atom. The minimum absolute atomic E-state index is 0.0419. The monoisotopic (exact) mass is 400 g/mol. The van der Waals surface area contributed by atoms with E-state index in [4.69, 9.17) is 33.1 Å². The Balaban J connectivity index is 0.000000381. The Bertz CT molecular complexity index is 606. The summed E-state index contributed by atoms with van der Waals surface area (Å²) >= 11 is 11.7. The van der Waals surface area contributed by atoms with Crippen molar-refractivity contribution in [3.8, 4) is 0 Å². The molecule has 2 rings (SSSR count). The Kier molecular flexibility index (Phi) is 8.47. The highest BCUT2D eigenvalue weighted by Gasteiger charge is 2.38. The van der Waals surface area contributed by atoms with Crippen LogP contribution in [-0.4, -0.2) is 36.2 Å². The quantitative estimate of drug-likeness (QED) is 0.717. The molecule has 1 aromatic carbocycles. The van der Waals surface area contributed by atoms with Crippen molar-refractivity contribution in [2.75, 3.05) is 18.4 Å². The molecule has 1 fully saturated rings. The van der Waals surface area contributed by atoms with Crippen LogP contribution in [0, 0.1) is 5.92 Å². The number of alkyl halides is 3. The molecule has 0 bridgehead atoms. The molecule has 0 radical (unpaired) electrons. The van der Waals surface area contributed by atoms with Gasteiger partial charge >= 0.3 is 12.1 Å². The van der Waals surface area contributed by atoms with Crippen LogP contribution in [0.2, 0.25) is 10.0 Å². The SMILES string of the molecule is O=C(CC1CCNCC1)Nc1ccc(Cl)c(Cl)c1.O=C(O)C(F)(F)F. The lowest BCUT2D eigenvalue weighted by molar-refractivity contribution is -0.192. The van der Waals surface area contributed by atoms with E-state index in [0.29, 0.717) is 28.1 Å². The standard InChI is InChI=1S/C13H16Cl2N2O.C2HF3O2/c14-11-2-1-10(8-12(11)15)17-13(18)7-9-3-5-16-6-4-9;3-2(4,5)1(6)7/h1-2,8-9,16H,3-7H2,(H,17,18);(H,6,7). The molecule has 0 unspecified atom stereocenters. The van der Waals surface area contributed by atoms with Gasteiger partial charge in [-0.2, -0.15) is 13.2 Å². The number of carbonyl (C=O) groups is 2. The van der Waals surface area contributed by atoms with Crippen LogP contribution < -0.4 is 10.6 Å². The summed E-state index contributed by atoms with van der Waals surface area (Å²) in [5.41, 5.74) is 0.698. The third-order valence-corrected chi connectivity index (χ3v) is 4.12. The first-order chi connectivity index (χ1) is 11.6. The average molecular weight is 401 g/mol.